The Labute approximate surface area is 130 Å². The Balaban J connectivity index is 1.81. The van der Waals surface area contributed by atoms with Crippen LogP contribution in [-0.2, 0) is 0 Å². The lowest BCUT2D eigenvalue weighted by molar-refractivity contribution is 0.116. The summed E-state index contributed by atoms with van der Waals surface area (Å²) in [6.07, 6.45) is 7.00. The van der Waals surface area contributed by atoms with Crippen molar-refractivity contribution in [2.45, 2.75) is 64.6 Å². The number of ether oxygens (including phenoxy) is 1. The summed E-state index contributed by atoms with van der Waals surface area (Å²) in [5.41, 5.74) is 1.18. The van der Waals surface area contributed by atoms with E-state index < -0.39 is 0 Å². The molecule has 0 heterocycles. The second-order valence-corrected chi connectivity index (χ2v) is 6.90. The summed E-state index contributed by atoms with van der Waals surface area (Å²) in [7, 11) is 0. The summed E-state index contributed by atoms with van der Waals surface area (Å²) in [5.74, 6) is 1.78. The quantitative estimate of drug-likeness (QED) is 0.829. The van der Waals surface area contributed by atoms with E-state index in [0.29, 0.717) is 6.10 Å². The molecule has 20 heavy (non-hydrogen) atoms. The van der Waals surface area contributed by atoms with Gasteiger partial charge in [-0.05, 0) is 70.4 Å². The Bertz CT molecular complexity index is 423. The van der Waals surface area contributed by atoms with E-state index in [4.69, 9.17) is 4.74 Å². The van der Waals surface area contributed by atoms with Crippen LogP contribution >= 0.6 is 15.9 Å². The van der Waals surface area contributed by atoms with Crippen LogP contribution in [0.1, 0.15) is 51.0 Å². The summed E-state index contributed by atoms with van der Waals surface area (Å²) in [5, 5.41) is 9.36. The first-order valence-corrected chi connectivity index (χ1v) is 8.45. The van der Waals surface area contributed by atoms with Crippen LogP contribution in [0.2, 0.25) is 0 Å². The molecule has 1 aliphatic rings. The maximum Gasteiger partial charge on any atom is 0.123 e. The van der Waals surface area contributed by atoms with Crippen LogP contribution in [0.15, 0.2) is 22.7 Å². The Morgan fingerprint density at radius 3 is 2.65 bits per heavy atom. The summed E-state index contributed by atoms with van der Waals surface area (Å²) >= 11 is 3.55. The van der Waals surface area contributed by atoms with E-state index >= 15 is 0 Å². The fourth-order valence-electron chi connectivity index (χ4n) is 2.91. The molecule has 0 bridgehead atoms. The van der Waals surface area contributed by atoms with Crippen molar-refractivity contribution in [3.05, 3.63) is 28.2 Å². The van der Waals surface area contributed by atoms with Gasteiger partial charge in [0.05, 0.1) is 12.2 Å². The van der Waals surface area contributed by atoms with Gasteiger partial charge in [-0.1, -0.05) is 22.0 Å². The lowest BCUT2D eigenvalue weighted by Gasteiger charge is -2.29. The van der Waals surface area contributed by atoms with Gasteiger partial charge in [0.1, 0.15) is 5.75 Å². The zero-order chi connectivity index (χ0) is 14.5. The number of aliphatic hydroxyl groups is 1. The normalized spacial score (nSPS) is 24.4. The fraction of sp³-hybridized carbons (Fsp3) is 0.647. The van der Waals surface area contributed by atoms with E-state index in [-0.39, 0.29) is 6.10 Å². The topological polar surface area (TPSA) is 29.5 Å². The third-order valence-electron chi connectivity index (χ3n) is 4.30. The molecule has 0 aromatic heterocycles. The predicted molar refractivity (Wildman–Crippen MR) is 86.2 cm³/mol. The Kier molecular flexibility index (Phi) is 5.91. The number of rotatable bonds is 5. The van der Waals surface area contributed by atoms with Crippen molar-refractivity contribution in [3.63, 3.8) is 0 Å². The number of halogens is 1. The minimum absolute atomic E-state index is 0.159. The standard InChI is InChI=1S/C17H25BrO2/c1-12(19)6-7-14-8-10-15(11-9-14)20-17-5-3-4-16(18)13(17)2/h3-5,12,14-15,19H,6-11H2,1-2H3/t12-,14?,15?/m0/s1. The Hall–Kier alpha value is -0.540. The zero-order valence-corrected chi connectivity index (χ0v) is 14.0. The second-order valence-electron chi connectivity index (χ2n) is 6.05. The Morgan fingerprint density at radius 2 is 2.00 bits per heavy atom. The molecule has 3 heteroatoms. The van der Waals surface area contributed by atoms with Gasteiger partial charge in [0.2, 0.25) is 0 Å². The average Bonchev–Trinajstić information content (AvgIpc) is 2.43. The molecule has 0 unspecified atom stereocenters. The number of hydrogen-bond acceptors (Lipinski definition) is 2. The molecule has 0 amide bonds. The van der Waals surface area contributed by atoms with Gasteiger partial charge in [-0.25, -0.2) is 0 Å². The average molecular weight is 341 g/mol. The summed E-state index contributed by atoms with van der Waals surface area (Å²) < 4.78 is 7.27. The summed E-state index contributed by atoms with van der Waals surface area (Å²) in [4.78, 5) is 0. The molecule has 0 radical (unpaired) electrons. The molecule has 112 valence electrons. The van der Waals surface area contributed by atoms with Crippen LogP contribution in [0.5, 0.6) is 5.75 Å². The summed E-state index contributed by atoms with van der Waals surface area (Å²) in [6, 6.07) is 6.13. The highest BCUT2D eigenvalue weighted by molar-refractivity contribution is 9.10. The highest BCUT2D eigenvalue weighted by atomic mass is 79.9. The van der Waals surface area contributed by atoms with E-state index in [9.17, 15) is 5.11 Å². The smallest absolute Gasteiger partial charge is 0.123 e. The maximum absolute atomic E-state index is 9.36. The highest BCUT2D eigenvalue weighted by Gasteiger charge is 2.23. The van der Waals surface area contributed by atoms with Gasteiger partial charge in [-0.3, -0.25) is 0 Å². The molecule has 0 saturated heterocycles. The van der Waals surface area contributed by atoms with Crippen molar-refractivity contribution < 1.29 is 9.84 Å². The molecule has 2 rings (SSSR count). The minimum atomic E-state index is -0.159. The lowest BCUT2D eigenvalue weighted by atomic mass is 9.84. The van der Waals surface area contributed by atoms with Crippen molar-refractivity contribution >= 4 is 15.9 Å². The number of benzene rings is 1. The van der Waals surface area contributed by atoms with Crippen molar-refractivity contribution in [1.29, 1.82) is 0 Å². The van der Waals surface area contributed by atoms with Crippen molar-refractivity contribution in [2.75, 3.05) is 0 Å². The van der Waals surface area contributed by atoms with Gasteiger partial charge in [0, 0.05) is 10.0 Å². The van der Waals surface area contributed by atoms with Gasteiger partial charge in [0.25, 0.3) is 0 Å². The monoisotopic (exact) mass is 340 g/mol. The first-order valence-electron chi connectivity index (χ1n) is 7.66. The molecule has 1 aliphatic carbocycles. The third-order valence-corrected chi connectivity index (χ3v) is 5.16. The van der Waals surface area contributed by atoms with E-state index in [0.717, 1.165) is 41.8 Å². The summed E-state index contributed by atoms with van der Waals surface area (Å²) in [6.45, 7) is 3.97. The molecule has 1 N–H and O–H groups in total. The van der Waals surface area contributed by atoms with E-state index in [1.54, 1.807) is 0 Å². The Morgan fingerprint density at radius 1 is 1.30 bits per heavy atom. The molecule has 1 saturated carbocycles. The van der Waals surface area contributed by atoms with Crippen LogP contribution in [0.4, 0.5) is 0 Å². The molecule has 1 fully saturated rings. The molecule has 2 nitrogen and oxygen atoms in total. The fourth-order valence-corrected chi connectivity index (χ4v) is 3.26. The largest absolute Gasteiger partial charge is 0.490 e. The molecule has 1 aromatic carbocycles. The SMILES string of the molecule is Cc1c(Br)cccc1OC1CCC(CC[C@H](C)O)CC1. The van der Waals surface area contributed by atoms with Gasteiger partial charge in [-0.2, -0.15) is 0 Å². The molecule has 0 spiro atoms. The molecule has 0 aliphatic heterocycles. The first kappa shape index (κ1) is 15.8. The molecule has 1 aromatic rings. The zero-order valence-electron chi connectivity index (χ0n) is 12.4. The maximum atomic E-state index is 9.36. The van der Waals surface area contributed by atoms with Gasteiger partial charge in [0.15, 0.2) is 0 Å². The van der Waals surface area contributed by atoms with E-state index in [1.165, 1.54) is 18.4 Å². The van der Waals surface area contributed by atoms with E-state index in [1.807, 2.05) is 13.0 Å². The van der Waals surface area contributed by atoms with Crippen LogP contribution in [0, 0.1) is 12.8 Å². The minimum Gasteiger partial charge on any atom is -0.490 e. The van der Waals surface area contributed by atoms with Crippen molar-refractivity contribution in [2.24, 2.45) is 5.92 Å². The van der Waals surface area contributed by atoms with Crippen LogP contribution in [-0.4, -0.2) is 17.3 Å². The van der Waals surface area contributed by atoms with Crippen LogP contribution in [0.3, 0.4) is 0 Å². The number of hydrogen-bond donors (Lipinski definition) is 1. The second kappa shape index (κ2) is 7.46. The highest BCUT2D eigenvalue weighted by Crippen LogP contribution is 2.33. The van der Waals surface area contributed by atoms with Crippen LogP contribution in [0.25, 0.3) is 0 Å². The van der Waals surface area contributed by atoms with E-state index in [2.05, 4.69) is 35.0 Å². The van der Waals surface area contributed by atoms with Gasteiger partial charge >= 0.3 is 0 Å². The van der Waals surface area contributed by atoms with Gasteiger partial charge < -0.3 is 9.84 Å². The lowest BCUT2D eigenvalue weighted by Crippen LogP contribution is -2.24. The third kappa shape index (κ3) is 4.49. The molecular weight excluding hydrogens is 316 g/mol. The molecular formula is C17H25BrO2. The van der Waals surface area contributed by atoms with Gasteiger partial charge in [-0.15, -0.1) is 0 Å². The van der Waals surface area contributed by atoms with Crippen molar-refractivity contribution in [1.82, 2.24) is 0 Å². The predicted octanol–water partition coefficient (Wildman–Crippen LogP) is 4.86. The van der Waals surface area contributed by atoms with Crippen molar-refractivity contribution in [3.8, 4) is 5.75 Å². The molecule has 1 atom stereocenters. The number of aliphatic hydroxyl groups excluding tert-OH is 1. The van der Waals surface area contributed by atoms with Crippen LogP contribution < -0.4 is 4.74 Å². The first-order chi connectivity index (χ1) is 9.56.